The van der Waals surface area contributed by atoms with Gasteiger partial charge >= 0.3 is 36.2 Å². The van der Waals surface area contributed by atoms with Crippen molar-refractivity contribution in [1.29, 1.82) is 10.5 Å². The molecule has 0 aliphatic rings. The minimum atomic E-state index is -1.18. The second kappa shape index (κ2) is 28.0. The normalized spacial score (nSPS) is 10.6. The van der Waals surface area contributed by atoms with Gasteiger partial charge in [0.05, 0.1) is 5.54 Å². The molecule has 0 aliphatic carbocycles. The molecule has 0 heterocycles. The third kappa shape index (κ3) is 22.4. The summed E-state index contributed by atoms with van der Waals surface area (Å²) < 4.78 is 9.66. The van der Waals surface area contributed by atoms with Crippen LogP contribution in [0.25, 0.3) is 0 Å². The van der Waals surface area contributed by atoms with Gasteiger partial charge in [0.2, 0.25) is 0 Å². The fourth-order valence-electron chi connectivity index (χ4n) is 4.94. The lowest BCUT2D eigenvalue weighted by molar-refractivity contribution is -0.231. The van der Waals surface area contributed by atoms with Crippen LogP contribution in [0.4, 0.5) is 19.2 Å². The van der Waals surface area contributed by atoms with Crippen LogP contribution in [-0.2, 0) is 38.6 Å². The second-order valence-corrected chi connectivity index (χ2v) is 13.3. The molecule has 0 unspecified atom stereocenters. The van der Waals surface area contributed by atoms with Gasteiger partial charge in [-0.25, -0.2) is 58.1 Å². The molecule has 0 rings (SSSR count). The lowest BCUT2D eigenvalue weighted by Gasteiger charge is -2.35. The highest BCUT2D eigenvalue weighted by Gasteiger charge is 2.38. The fraction of sp³-hybridized carbons (Fsp3) is 0.667. The summed E-state index contributed by atoms with van der Waals surface area (Å²) in [5.74, 6) is -2.01. The minimum absolute atomic E-state index is 0.0116. The SMILES string of the molecule is C=CC(=O)OOC(=O)N(CCCCCCOC#N)C(=O)NCCCCCCC(C)(C)N(C(=O)NCCCCCCC(C)(C)OC#N)C(=O)OOC(=O)C=C. The summed E-state index contributed by atoms with van der Waals surface area (Å²) in [6.45, 7) is 14.2. The molecule has 54 heavy (non-hydrogen) atoms. The van der Waals surface area contributed by atoms with Crippen molar-refractivity contribution in [3.8, 4) is 12.5 Å². The lowest BCUT2D eigenvalue weighted by Crippen LogP contribution is -2.55. The van der Waals surface area contributed by atoms with E-state index in [0.717, 1.165) is 41.2 Å². The second-order valence-electron chi connectivity index (χ2n) is 13.3. The number of rotatable bonds is 25. The Bertz CT molecular complexity index is 1310. The summed E-state index contributed by atoms with van der Waals surface area (Å²) in [7, 11) is 0. The van der Waals surface area contributed by atoms with Crippen molar-refractivity contribution in [3.63, 3.8) is 0 Å². The highest BCUT2D eigenvalue weighted by molar-refractivity contribution is 5.92. The van der Waals surface area contributed by atoms with E-state index in [-0.39, 0.29) is 26.2 Å². The fourth-order valence-corrected chi connectivity index (χ4v) is 4.94. The Morgan fingerprint density at radius 2 is 1.13 bits per heavy atom. The average Bonchev–Trinajstić information content (AvgIpc) is 3.12. The Kier molecular flexibility index (Phi) is 25.2. The van der Waals surface area contributed by atoms with Gasteiger partial charge < -0.3 is 20.1 Å². The first-order chi connectivity index (χ1) is 25.6. The third-order valence-corrected chi connectivity index (χ3v) is 7.92. The molecule has 0 spiro atoms. The van der Waals surface area contributed by atoms with Crippen LogP contribution >= 0.6 is 0 Å². The Morgan fingerprint density at radius 3 is 1.69 bits per heavy atom. The predicted molar refractivity (Wildman–Crippen MR) is 192 cm³/mol. The van der Waals surface area contributed by atoms with Crippen molar-refractivity contribution in [2.45, 2.75) is 129 Å². The van der Waals surface area contributed by atoms with Gasteiger partial charge in [-0.15, -0.1) is 0 Å². The van der Waals surface area contributed by atoms with E-state index in [2.05, 4.69) is 48.1 Å². The highest BCUT2D eigenvalue weighted by atomic mass is 17.2. The van der Waals surface area contributed by atoms with Gasteiger partial charge in [-0.3, -0.25) is 0 Å². The standard InChI is InChI=1S/C36H56N6O12/c1-7-29(43)51-53-33(47)41(25-19-13-14-20-26-49-27-37)31(45)39-23-17-11-9-15-21-35(3,4)42(34(48)54-52-30(44)8-2)32(46)40-24-18-12-10-16-22-36(5,6)50-28-38/h7-8H,1-2,9-26H2,3-6H3,(H,39,45)(H,40,46). The van der Waals surface area contributed by atoms with Crippen LogP contribution in [0.3, 0.4) is 0 Å². The van der Waals surface area contributed by atoms with Crippen molar-refractivity contribution < 1.29 is 57.8 Å². The topological polar surface area (TPSA) is 236 Å². The number of carbonyl (C=O) groups excluding carboxylic acids is 6. The number of nitriles is 2. The molecule has 0 radical (unpaired) electrons. The first-order valence-corrected chi connectivity index (χ1v) is 18.0. The molecular weight excluding hydrogens is 708 g/mol. The largest absolute Gasteiger partial charge is 0.461 e. The molecule has 0 bridgehead atoms. The van der Waals surface area contributed by atoms with Crippen molar-refractivity contribution >= 4 is 36.2 Å². The summed E-state index contributed by atoms with van der Waals surface area (Å²) in [4.78, 5) is 93.6. The molecule has 18 heteroatoms. The van der Waals surface area contributed by atoms with Gasteiger partial charge in [0, 0.05) is 31.8 Å². The van der Waals surface area contributed by atoms with Crippen molar-refractivity contribution in [3.05, 3.63) is 25.3 Å². The molecule has 18 nitrogen and oxygen atoms in total. The quantitative estimate of drug-likeness (QED) is 0.0328. The minimum Gasteiger partial charge on any atom is -0.428 e. The van der Waals surface area contributed by atoms with Crippen molar-refractivity contribution in [2.24, 2.45) is 0 Å². The Morgan fingerprint density at radius 1 is 0.630 bits per heavy atom. The Labute approximate surface area is 317 Å². The van der Waals surface area contributed by atoms with E-state index in [9.17, 15) is 28.8 Å². The molecule has 0 saturated heterocycles. The third-order valence-electron chi connectivity index (χ3n) is 7.92. The monoisotopic (exact) mass is 764 g/mol. The van der Waals surface area contributed by atoms with E-state index >= 15 is 0 Å². The zero-order valence-electron chi connectivity index (χ0n) is 32.0. The van der Waals surface area contributed by atoms with Gasteiger partial charge in [-0.1, -0.05) is 51.7 Å². The maximum Gasteiger partial charge on any atom is 0.461 e. The molecule has 6 amide bonds. The number of amides is 6. The number of imide groups is 2. The molecule has 0 saturated carbocycles. The number of ether oxygens (including phenoxy) is 2. The lowest BCUT2D eigenvalue weighted by atomic mass is 9.94. The molecule has 2 N–H and O–H groups in total. The predicted octanol–water partition coefficient (Wildman–Crippen LogP) is 6.59. The number of hydrogen-bond acceptors (Lipinski definition) is 14. The summed E-state index contributed by atoms with van der Waals surface area (Å²) in [5.41, 5.74) is -1.59. The maximum absolute atomic E-state index is 13.2. The molecule has 0 fully saturated rings. The van der Waals surface area contributed by atoms with Crippen molar-refractivity contribution in [1.82, 2.24) is 20.4 Å². The molecule has 0 aromatic carbocycles. The van der Waals surface area contributed by atoms with E-state index < -0.39 is 47.3 Å². The summed E-state index contributed by atoms with van der Waals surface area (Å²) in [5, 5.41) is 22.5. The van der Waals surface area contributed by atoms with Crippen LogP contribution in [0, 0.1) is 23.0 Å². The molecule has 302 valence electrons. The zero-order chi connectivity index (χ0) is 40.8. The first-order valence-electron chi connectivity index (χ1n) is 18.0. The molecule has 0 aromatic rings. The Hall–Kier alpha value is -5.52. The van der Waals surface area contributed by atoms with Gasteiger partial charge in [-0.05, 0) is 79.1 Å². The highest BCUT2D eigenvalue weighted by Crippen LogP contribution is 2.24. The van der Waals surface area contributed by atoms with Crippen LogP contribution in [0.2, 0.25) is 0 Å². The van der Waals surface area contributed by atoms with Crippen molar-refractivity contribution in [2.75, 3.05) is 26.2 Å². The summed E-state index contributed by atoms with van der Waals surface area (Å²) in [6.07, 6.45) is 11.5. The Balaban J connectivity index is 5.00. The molecule has 0 aromatic heterocycles. The summed E-state index contributed by atoms with van der Waals surface area (Å²) >= 11 is 0. The number of nitrogens with zero attached hydrogens (tertiary/aromatic N) is 4. The molecular formula is C36H56N6O12. The van der Waals surface area contributed by atoms with Gasteiger partial charge in [-0.2, -0.15) is 10.5 Å². The van der Waals surface area contributed by atoms with E-state index in [4.69, 9.17) is 15.3 Å². The number of carbonyl (C=O) groups is 6. The van der Waals surface area contributed by atoms with E-state index in [1.54, 1.807) is 26.4 Å². The zero-order valence-corrected chi connectivity index (χ0v) is 32.0. The van der Waals surface area contributed by atoms with Crippen LogP contribution < -0.4 is 10.6 Å². The van der Waals surface area contributed by atoms with E-state index in [1.807, 2.05) is 13.8 Å². The molecule has 0 aliphatic heterocycles. The average molecular weight is 765 g/mol. The number of hydrogen-bond donors (Lipinski definition) is 2. The van der Waals surface area contributed by atoms with E-state index in [0.29, 0.717) is 70.6 Å². The van der Waals surface area contributed by atoms with Crippen LogP contribution in [0.5, 0.6) is 0 Å². The first kappa shape index (κ1) is 48.5. The molecule has 0 atom stereocenters. The smallest absolute Gasteiger partial charge is 0.428 e. The summed E-state index contributed by atoms with van der Waals surface area (Å²) in [6, 6.07) is -1.46. The number of nitrogens with one attached hydrogen (secondary N) is 2. The van der Waals surface area contributed by atoms with Crippen LogP contribution in [0.15, 0.2) is 25.3 Å². The number of unbranched alkanes of at least 4 members (excludes halogenated alkanes) is 9. The van der Waals surface area contributed by atoms with Gasteiger partial charge in [0.25, 0.3) is 12.5 Å². The maximum atomic E-state index is 13.2. The van der Waals surface area contributed by atoms with Crippen LogP contribution in [-0.4, -0.2) is 83.4 Å². The van der Waals surface area contributed by atoms with Crippen LogP contribution in [0.1, 0.15) is 118 Å². The number of urea groups is 2. The van der Waals surface area contributed by atoms with E-state index in [1.165, 1.54) is 0 Å². The van der Waals surface area contributed by atoms with Gasteiger partial charge in [0.1, 0.15) is 12.2 Å². The van der Waals surface area contributed by atoms with Gasteiger partial charge in [0.15, 0.2) is 0 Å².